The number of aromatic nitrogens is 7. The van der Waals surface area contributed by atoms with Gasteiger partial charge in [0.2, 0.25) is 0 Å². The van der Waals surface area contributed by atoms with Crippen LogP contribution in [0.4, 0.5) is 0 Å². The van der Waals surface area contributed by atoms with Gasteiger partial charge in [-0.05, 0) is 102 Å². The van der Waals surface area contributed by atoms with Crippen LogP contribution in [0, 0.1) is 0 Å². The van der Waals surface area contributed by atoms with Gasteiger partial charge in [0.25, 0.3) is 0 Å². The van der Waals surface area contributed by atoms with E-state index in [1.165, 1.54) is 0 Å². The van der Waals surface area contributed by atoms with E-state index >= 15 is 0 Å². The molecule has 0 unspecified atom stereocenters. The minimum absolute atomic E-state index is 0.520. The van der Waals surface area contributed by atoms with E-state index in [1.807, 2.05) is 12.1 Å². The smallest absolute Gasteiger partial charge is 0.168 e. The lowest BCUT2D eigenvalue weighted by atomic mass is 9.81. The molecule has 0 bridgehead atoms. The molecule has 0 amide bonds. The molecule has 0 aliphatic heterocycles. The molecule has 0 radical (unpaired) electrons. The van der Waals surface area contributed by atoms with Crippen molar-refractivity contribution in [3.05, 3.63) is 334 Å². The molecule has 0 aliphatic rings. The van der Waals surface area contributed by atoms with Crippen LogP contribution in [0.3, 0.4) is 0 Å². The number of para-hydroxylation sites is 8. The van der Waals surface area contributed by atoms with Crippen LogP contribution in [0.2, 0.25) is 0 Å². The minimum atomic E-state index is 0.520. The molecule has 7 nitrogen and oxygen atoms in total. The van der Waals surface area contributed by atoms with E-state index in [1.54, 1.807) is 0 Å². The van der Waals surface area contributed by atoms with Crippen molar-refractivity contribution >= 4 is 87.2 Å². The van der Waals surface area contributed by atoms with Crippen molar-refractivity contribution in [2.24, 2.45) is 0 Å². The summed E-state index contributed by atoms with van der Waals surface area (Å²) in [5.74, 6) is 1.64. The molecular weight excluding hydrogens is 1140 g/mol. The first-order chi connectivity index (χ1) is 46.7. The van der Waals surface area contributed by atoms with Gasteiger partial charge in [-0.2, -0.15) is 0 Å². The van der Waals surface area contributed by atoms with Gasteiger partial charge < -0.3 is 18.3 Å². The summed E-state index contributed by atoms with van der Waals surface area (Å²) in [6, 6.07) is 121. The lowest BCUT2D eigenvalue weighted by Crippen LogP contribution is -2.12. The topological polar surface area (TPSA) is 58.4 Å². The summed E-state index contributed by atoms with van der Waals surface area (Å²) in [5.41, 5.74) is 21.5. The molecule has 7 heteroatoms. The number of benzene rings is 14. The van der Waals surface area contributed by atoms with Gasteiger partial charge in [0.1, 0.15) is 0 Å². The number of fused-ring (bicyclic) bond motifs is 12. The fraction of sp³-hybridized carbons (Fsp3) is 0. The molecule has 94 heavy (non-hydrogen) atoms. The lowest BCUT2D eigenvalue weighted by molar-refractivity contribution is 1.05. The van der Waals surface area contributed by atoms with Gasteiger partial charge in [-0.25, -0.2) is 15.0 Å². The van der Waals surface area contributed by atoms with Gasteiger partial charge in [-0.15, -0.1) is 0 Å². The molecule has 0 fully saturated rings. The maximum absolute atomic E-state index is 5.93. The summed E-state index contributed by atoms with van der Waals surface area (Å²) in [7, 11) is 0. The van der Waals surface area contributed by atoms with Crippen LogP contribution in [-0.4, -0.2) is 33.2 Å². The fourth-order valence-electron chi connectivity index (χ4n) is 15.1. The summed E-state index contributed by atoms with van der Waals surface area (Å²) in [6.07, 6.45) is 0. The van der Waals surface area contributed by atoms with Crippen molar-refractivity contribution in [2.45, 2.75) is 0 Å². The Balaban J connectivity index is 1.11. The Morgan fingerprint density at radius 2 is 0.436 bits per heavy atom. The molecule has 0 aliphatic carbocycles. The molecule has 0 spiro atoms. The predicted molar refractivity (Wildman–Crippen MR) is 390 cm³/mol. The first kappa shape index (κ1) is 53.2. The van der Waals surface area contributed by atoms with Gasteiger partial charge in [0.15, 0.2) is 17.5 Å². The maximum Gasteiger partial charge on any atom is 0.168 e. The average molecular weight is 1200 g/mol. The Bertz CT molecular complexity index is 5740. The third-order valence-corrected chi connectivity index (χ3v) is 19.0. The summed E-state index contributed by atoms with van der Waals surface area (Å²) < 4.78 is 9.88. The maximum atomic E-state index is 5.93. The standard InChI is InChI=1S/C87H55N7/c1-6-28-56(29-7-1)79-80(59-50-52-77-69(54-59)67-42-20-22-44-71(67)91(77)61-34-12-4-13-35-61)83(93-73-46-24-16-38-63(73)64-39-17-25-47-74(64)93)82(87-89-85(57-30-8-2-9-31-57)88-86(90-87)58-32-10-3-11-33-58)84(94-75-48-26-18-40-65(75)66-41-19-27-49-76(66)94)81(79)60-51-53-78-70(55-60)68-43-21-23-45-72(68)92(78)62-36-14-5-15-37-62/h1-55H. The van der Waals surface area contributed by atoms with E-state index in [-0.39, 0.29) is 0 Å². The molecule has 5 heterocycles. The van der Waals surface area contributed by atoms with E-state index in [4.69, 9.17) is 15.0 Å². The molecule has 0 saturated heterocycles. The van der Waals surface area contributed by atoms with Crippen LogP contribution in [0.15, 0.2) is 334 Å². The Morgan fingerprint density at radius 1 is 0.170 bits per heavy atom. The van der Waals surface area contributed by atoms with Crippen LogP contribution in [0.5, 0.6) is 0 Å². The zero-order valence-electron chi connectivity index (χ0n) is 50.9. The van der Waals surface area contributed by atoms with Gasteiger partial charge in [-0.1, -0.05) is 249 Å². The zero-order valence-corrected chi connectivity index (χ0v) is 50.9. The molecule has 0 atom stereocenters. The Labute approximate surface area is 541 Å². The van der Waals surface area contributed by atoms with Crippen molar-refractivity contribution in [1.82, 2.24) is 33.2 Å². The molecular formula is C87H55N7. The van der Waals surface area contributed by atoms with Gasteiger partial charge in [-0.3, -0.25) is 0 Å². The highest BCUT2D eigenvalue weighted by Crippen LogP contribution is 2.56. The second-order valence-electron chi connectivity index (χ2n) is 24.2. The number of hydrogen-bond donors (Lipinski definition) is 0. The molecule has 14 aromatic carbocycles. The molecule has 5 aromatic heterocycles. The van der Waals surface area contributed by atoms with Crippen molar-refractivity contribution in [1.29, 1.82) is 0 Å². The highest BCUT2D eigenvalue weighted by Gasteiger charge is 2.35. The summed E-state index contributed by atoms with van der Waals surface area (Å²) in [6.45, 7) is 0. The number of nitrogens with zero attached hydrogens (tertiary/aromatic N) is 7. The average Bonchev–Trinajstić information content (AvgIpc) is 1.27. The number of hydrogen-bond acceptors (Lipinski definition) is 3. The second-order valence-corrected chi connectivity index (χ2v) is 24.2. The highest BCUT2D eigenvalue weighted by atomic mass is 15.1. The van der Waals surface area contributed by atoms with E-state index in [9.17, 15) is 0 Å². The van der Waals surface area contributed by atoms with Crippen molar-refractivity contribution in [3.8, 4) is 90.3 Å². The molecule has 0 N–H and O–H groups in total. The summed E-state index contributed by atoms with van der Waals surface area (Å²) in [4.78, 5) is 17.3. The predicted octanol–water partition coefficient (Wildman–Crippen LogP) is 22.3. The first-order valence-corrected chi connectivity index (χ1v) is 32.0. The number of rotatable bonds is 10. The Hall–Kier alpha value is -12.7. The summed E-state index contributed by atoms with van der Waals surface area (Å²) >= 11 is 0. The van der Waals surface area contributed by atoms with E-state index < -0.39 is 0 Å². The van der Waals surface area contributed by atoms with Crippen molar-refractivity contribution in [2.75, 3.05) is 0 Å². The lowest BCUT2D eigenvalue weighted by Gasteiger charge is -2.30. The zero-order chi connectivity index (χ0) is 61.8. The van der Waals surface area contributed by atoms with E-state index in [0.29, 0.717) is 17.5 Å². The van der Waals surface area contributed by atoms with Crippen molar-refractivity contribution < 1.29 is 0 Å². The normalized spacial score (nSPS) is 11.8. The van der Waals surface area contributed by atoms with Crippen LogP contribution in [-0.2, 0) is 0 Å². The largest absolute Gasteiger partial charge is 0.309 e. The Kier molecular flexibility index (Phi) is 12.1. The molecule has 19 aromatic rings. The SMILES string of the molecule is c1ccc(-c2nc(-c3ccccc3)nc(-c3c(-n4c5ccccc5c5ccccc54)c(-c4ccc5c(c4)c4ccccc4n5-c4ccccc4)c(-c4ccccc4)c(-c4ccc5c(c4)c4ccccc4n5-c4ccccc4)c3-n3c4ccccc4c4ccccc43)n2)cc1. The van der Waals surface area contributed by atoms with E-state index in [0.717, 1.165) is 160 Å². The fourth-order valence-corrected chi connectivity index (χ4v) is 15.1. The third-order valence-electron chi connectivity index (χ3n) is 19.0. The molecule has 438 valence electrons. The quantitative estimate of drug-likeness (QED) is 0.137. The van der Waals surface area contributed by atoms with Gasteiger partial charge in [0, 0.05) is 82.3 Å². The van der Waals surface area contributed by atoms with Crippen LogP contribution >= 0.6 is 0 Å². The highest BCUT2D eigenvalue weighted by molar-refractivity contribution is 6.20. The Morgan fingerprint density at radius 3 is 0.787 bits per heavy atom. The van der Waals surface area contributed by atoms with Gasteiger partial charge in [0.05, 0.1) is 61.1 Å². The summed E-state index contributed by atoms with van der Waals surface area (Å²) in [5, 5.41) is 9.10. The monoisotopic (exact) mass is 1200 g/mol. The van der Waals surface area contributed by atoms with Crippen molar-refractivity contribution in [3.63, 3.8) is 0 Å². The van der Waals surface area contributed by atoms with Crippen LogP contribution < -0.4 is 0 Å². The first-order valence-electron chi connectivity index (χ1n) is 32.0. The van der Waals surface area contributed by atoms with Crippen LogP contribution in [0.1, 0.15) is 0 Å². The molecule has 0 saturated carbocycles. The second kappa shape index (κ2) is 21.5. The van der Waals surface area contributed by atoms with E-state index in [2.05, 4.69) is 340 Å². The minimum Gasteiger partial charge on any atom is -0.309 e. The third kappa shape index (κ3) is 8.21. The van der Waals surface area contributed by atoms with Gasteiger partial charge >= 0.3 is 0 Å². The molecule has 19 rings (SSSR count). The van der Waals surface area contributed by atoms with Crippen LogP contribution in [0.25, 0.3) is 178 Å².